The molecule has 6 heteroatoms. The average molecular weight is 272 g/mol. The molecule has 2 rings (SSSR count). The van der Waals surface area contributed by atoms with Gasteiger partial charge in [0.15, 0.2) is 5.75 Å². The number of nitrogens with zero attached hydrogens (tertiary/aromatic N) is 1. The third-order valence-corrected chi connectivity index (χ3v) is 3.14. The SMILES string of the molecule is O=[N+]([O-])c1cc(CCl)ccc1OC1CCOCC1. The van der Waals surface area contributed by atoms with Crippen LogP contribution in [-0.4, -0.2) is 24.2 Å². The molecule has 18 heavy (non-hydrogen) atoms. The van der Waals surface area contributed by atoms with Gasteiger partial charge in [-0.1, -0.05) is 6.07 Å². The molecule has 0 spiro atoms. The van der Waals surface area contributed by atoms with Gasteiger partial charge in [-0.25, -0.2) is 0 Å². The van der Waals surface area contributed by atoms with Gasteiger partial charge in [-0.2, -0.15) is 0 Å². The maximum absolute atomic E-state index is 11.0. The van der Waals surface area contributed by atoms with E-state index in [1.54, 1.807) is 12.1 Å². The summed E-state index contributed by atoms with van der Waals surface area (Å²) in [6.45, 7) is 1.27. The number of rotatable bonds is 4. The second kappa shape index (κ2) is 6.02. The molecule has 1 aliphatic heterocycles. The Bertz CT molecular complexity index is 432. The number of alkyl halides is 1. The Labute approximate surface area is 110 Å². The van der Waals surface area contributed by atoms with Crippen LogP contribution < -0.4 is 4.74 Å². The highest BCUT2D eigenvalue weighted by atomic mass is 35.5. The summed E-state index contributed by atoms with van der Waals surface area (Å²) in [6.07, 6.45) is 1.50. The van der Waals surface area contributed by atoms with E-state index in [1.165, 1.54) is 6.07 Å². The van der Waals surface area contributed by atoms with Crippen LogP contribution in [0.4, 0.5) is 5.69 Å². The minimum absolute atomic E-state index is 0.0145. The van der Waals surface area contributed by atoms with Gasteiger partial charge < -0.3 is 9.47 Å². The first-order chi connectivity index (χ1) is 8.70. The van der Waals surface area contributed by atoms with E-state index in [4.69, 9.17) is 21.1 Å². The molecule has 1 heterocycles. The van der Waals surface area contributed by atoms with Crippen LogP contribution in [0.5, 0.6) is 5.75 Å². The molecule has 0 N–H and O–H groups in total. The van der Waals surface area contributed by atoms with Crippen molar-refractivity contribution in [1.82, 2.24) is 0 Å². The van der Waals surface area contributed by atoms with Gasteiger partial charge in [-0.05, 0) is 11.6 Å². The Morgan fingerprint density at radius 2 is 2.17 bits per heavy atom. The Balaban J connectivity index is 2.17. The lowest BCUT2D eigenvalue weighted by Crippen LogP contribution is -2.26. The van der Waals surface area contributed by atoms with Gasteiger partial charge in [-0.15, -0.1) is 11.6 Å². The maximum atomic E-state index is 11.0. The molecule has 1 aromatic rings. The zero-order chi connectivity index (χ0) is 13.0. The number of ether oxygens (including phenoxy) is 2. The number of nitro groups is 1. The number of halogens is 1. The quantitative estimate of drug-likeness (QED) is 0.480. The van der Waals surface area contributed by atoms with Crippen LogP contribution in [0.25, 0.3) is 0 Å². The van der Waals surface area contributed by atoms with Crippen molar-refractivity contribution in [2.75, 3.05) is 13.2 Å². The van der Waals surface area contributed by atoms with Crippen molar-refractivity contribution in [1.29, 1.82) is 0 Å². The summed E-state index contributed by atoms with van der Waals surface area (Å²) in [5.41, 5.74) is 0.683. The van der Waals surface area contributed by atoms with E-state index in [2.05, 4.69) is 0 Å². The molecule has 98 valence electrons. The molecular formula is C12H14ClNO4. The van der Waals surface area contributed by atoms with Gasteiger partial charge in [0, 0.05) is 24.8 Å². The first-order valence-electron chi connectivity index (χ1n) is 5.78. The Hall–Kier alpha value is -1.33. The number of nitro benzene ring substituents is 1. The molecule has 1 aliphatic rings. The molecule has 0 radical (unpaired) electrons. The summed E-state index contributed by atoms with van der Waals surface area (Å²) in [7, 11) is 0. The topological polar surface area (TPSA) is 61.6 Å². The van der Waals surface area contributed by atoms with E-state index >= 15 is 0 Å². The van der Waals surface area contributed by atoms with Crippen molar-refractivity contribution in [2.24, 2.45) is 0 Å². The minimum Gasteiger partial charge on any atom is -0.483 e. The summed E-state index contributed by atoms with van der Waals surface area (Å²) >= 11 is 5.67. The fourth-order valence-electron chi connectivity index (χ4n) is 1.86. The van der Waals surface area contributed by atoms with E-state index in [9.17, 15) is 10.1 Å². The first kappa shape index (κ1) is 13.1. The zero-order valence-corrected chi connectivity index (χ0v) is 10.6. The molecule has 0 aliphatic carbocycles. The lowest BCUT2D eigenvalue weighted by atomic mass is 10.1. The fourth-order valence-corrected chi connectivity index (χ4v) is 2.03. The van der Waals surface area contributed by atoms with Gasteiger partial charge in [0.2, 0.25) is 0 Å². The largest absolute Gasteiger partial charge is 0.483 e. The molecule has 0 saturated carbocycles. The lowest BCUT2D eigenvalue weighted by molar-refractivity contribution is -0.386. The highest BCUT2D eigenvalue weighted by Crippen LogP contribution is 2.30. The van der Waals surface area contributed by atoms with Gasteiger partial charge in [0.25, 0.3) is 0 Å². The van der Waals surface area contributed by atoms with Crippen LogP contribution in [0.2, 0.25) is 0 Å². The third-order valence-electron chi connectivity index (χ3n) is 2.84. The average Bonchev–Trinajstić information content (AvgIpc) is 2.40. The second-order valence-electron chi connectivity index (χ2n) is 4.12. The molecule has 1 fully saturated rings. The van der Waals surface area contributed by atoms with E-state index < -0.39 is 4.92 Å². The Morgan fingerprint density at radius 1 is 1.44 bits per heavy atom. The van der Waals surface area contributed by atoms with Crippen LogP contribution in [0.1, 0.15) is 18.4 Å². The van der Waals surface area contributed by atoms with Crippen LogP contribution in [0.15, 0.2) is 18.2 Å². The Morgan fingerprint density at radius 3 is 2.78 bits per heavy atom. The van der Waals surface area contributed by atoms with Crippen molar-refractivity contribution in [2.45, 2.75) is 24.8 Å². The molecule has 0 bridgehead atoms. The highest BCUT2D eigenvalue weighted by Gasteiger charge is 2.21. The van der Waals surface area contributed by atoms with Crippen molar-refractivity contribution < 1.29 is 14.4 Å². The van der Waals surface area contributed by atoms with Crippen molar-refractivity contribution in [3.8, 4) is 5.75 Å². The third kappa shape index (κ3) is 3.11. The standard InChI is InChI=1S/C12H14ClNO4/c13-8-9-1-2-12(11(7-9)14(15)16)18-10-3-5-17-6-4-10/h1-2,7,10H,3-6,8H2. The van der Waals surface area contributed by atoms with Gasteiger partial charge in [0.05, 0.1) is 18.1 Å². The zero-order valence-electron chi connectivity index (χ0n) is 9.80. The first-order valence-corrected chi connectivity index (χ1v) is 6.32. The van der Waals surface area contributed by atoms with E-state index in [0.717, 1.165) is 12.8 Å². The van der Waals surface area contributed by atoms with E-state index in [-0.39, 0.29) is 17.7 Å². The molecule has 1 saturated heterocycles. The van der Waals surface area contributed by atoms with Gasteiger partial charge >= 0.3 is 5.69 Å². The number of benzene rings is 1. The van der Waals surface area contributed by atoms with Gasteiger partial charge in [-0.3, -0.25) is 10.1 Å². The summed E-state index contributed by atoms with van der Waals surface area (Å²) in [6, 6.07) is 4.82. The summed E-state index contributed by atoms with van der Waals surface area (Å²) in [5.74, 6) is 0.555. The molecule has 5 nitrogen and oxygen atoms in total. The normalized spacial score (nSPS) is 16.5. The fraction of sp³-hybridized carbons (Fsp3) is 0.500. The number of hydrogen-bond acceptors (Lipinski definition) is 4. The van der Waals surface area contributed by atoms with Crippen molar-refractivity contribution >= 4 is 17.3 Å². The molecule has 0 amide bonds. The Kier molecular flexibility index (Phi) is 4.38. The van der Waals surface area contributed by atoms with Crippen LogP contribution in [-0.2, 0) is 10.6 Å². The van der Waals surface area contributed by atoms with E-state index in [0.29, 0.717) is 24.5 Å². The van der Waals surface area contributed by atoms with Crippen LogP contribution in [0.3, 0.4) is 0 Å². The molecule has 0 unspecified atom stereocenters. The monoisotopic (exact) mass is 271 g/mol. The second-order valence-corrected chi connectivity index (χ2v) is 4.39. The smallest absolute Gasteiger partial charge is 0.311 e. The van der Waals surface area contributed by atoms with Crippen molar-refractivity contribution in [3.05, 3.63) is 33.9 Å². The summed E-state index contributed by atoms with van der Waals surface area (Å²) in [5, 5.41) is 11.0. The lowest BCUT2D eigenvalue weighted by Gasteiger charge is -2.23. The summed E-state index contributed by atoms with van der Waals surface area (Å²) in [4.78, 5) is 10.5. The minimum atomic E-state index is -0.440. The van der Waals surface area contributed by atoms with Crippen molar-refractivity contribution in [3.63, 3.8) is 0 Å². The van der Waals surface area contributed by atoms with Crippen LogP contribution >= 0.6 is 11.6 Å². The molecule has 0 atom stereocenters. The maximum Gasteiger partial charge on any atom is 0.311 e. The molecular weight excluding hydrogens is 258 g/mol. The highest BCUT2D eigenvalue weighted by molar-refractivity contribution is 6.17. The number of hydrogen-bond donors (Lipinski definition) is 0. The summed E-state index contributed by atoms with van der Waals surface area (Å²) < 4.78 is 10.9. The predicted octanol–water partition coefficient (Wildman–Crippen LogP) is 2.89. The molecule has 1 aromatic carbocycles. The van der Waals surface area contributed by atoms with E-state index in [1.807, 2.05) is 0 Å². The van der Waals surface area contributed by atoms with Gasteiger partial charge in [0.1, 0.15) is 6.10 Å². The molecule has 0 aromatic heterocycles. The van der Waals surface area contributed by atoms with Crippen LogP contribution in [0, 0.1) is 10.1 Å². The predicted molar refractivity (Wildman–Crippen MR) is 67.1 cm³/mol.